The van der Waals surface area contributed by atoms with Gasteiger partial charge < -0.3 is 0 Å². The Morgan fingerprint density at radius 1 is 1.00 bits per heavy atom. The van der Waals surface area contributed by atoms with Crippen LogP contribution < -0.4 is 0 Å². The lowest BCUT2D eigenvalue weighted by molar-refractivity contribution is 0.593. The number of thiazole rings is 1. The van der Waals surface area contributed by atoms with Crippen LogP contribution in [-0.2, 0) is 9.84 Å². The number of aromatic nitrogens is 1. The van der Waals surface area contributed by atoms with Crippen molar-refractivity contribution in [2.75, 3.05) is 0 Å². The Labute approximate surface area is 138 Å². The van der Waals surface area contributed by atoms with Crippen LogP contribution in [0.2, 0.25) is 5.02 Å². The van der Waals surface area contributed by atoms with E-state index in [1.54, 1.807) is 17.5 Å². The monoisotopic (exact) mass is 349 g/mol. The second kappa shape index (κ2) is 5.83. The van der Waals surface area contributed by atoms with Crippen LogP contribution in [0.4, 0.5) is 0 Å². The van der Waals surface area contributed by atoms with E-state index < -0.39 is 9.84 Å². The molecule has 0 fully saturated rings. The normalized spacial score (nSPS) is 11.5. The van der Waals surface area contributed by atoms with E-state index >= 15 is 0 Å². The van der Waals surface area contributed by atoms with Gasteiger partial charge >= 0.3 is 0 Å². The minimum atomic E-state index is -3.61. The van der Waals surface area contributed by atoms with Gasteiger partial charge in [0.2, 0.25) is 9.84 Å². The third-order valence-electron chi connectivity index (χ3n) is 3.18. The van der Waals surface area contributed by atoms with E-state index in [4.69, 9.17) is 11.6 Å². The summed E-state index contributed by atoms with van der Waals surface area (Å²) in [6, 6.07) is 13.9. The van der Waals surface area contributed by atoms with Gasteiger partial charge in [0.1, 0.15) is 5.01 Å². The molecule has 0 N–H and O–H groups in total. The van der Waals surface area contributed by atoms with Gasteiger partial charge in [-0.05, 0) is 31.2 Å². The second-order valence-corrected chi connectivity index (χ2v) is 8.01. The zero-order valence-corrected chi connectivity index (χ0v) is 14.0. The van der Waals surface area contributed by atoms with Crippen LogP contribution >= 0.6 is 22.9 Å². The van der Waals surface area contributed by atoms with Crippen molar-refractivity contribution in [3.63, 3.8) is 0 Å². The molecule has 1 heterocycles. The highest BCUT2D eigenvalue weighted by Crippen LogP contribution is 2.29. The lowest BCUT2D eigenvalue weighted by Gasteiger charge is -2.01. The van der Waals surface area contributed by atoms with Crippen LogP contribution in [0, 0.1) is 6.92 Å². The number of nitrogens with zero attached hydrogens (tertiary/aromatic N) is 1. The molecule has 3 nitrogen and oxygen atoms in total. The van der Waals surface area contributed by atoms with E-state index in [-0.39, 0.29) is 9.92 Å². The van der Waals surface area contributed by atoms with Gasteiger partial charge in [-0.25, -0.2) is 13.4 Å². The highest BCUT2D eigenvalue weighted by Gasteiger charge is 2.21. The summed E-state index contributed by atoms with van der Waals surface area (Å²) < 4.78 is 25.1. The fourth-order valence-corrected chi connectivity index (χ4v) is 4.42. The smallest absolute Gasteiger partial charge is 0.224 e. The maximum absolute atomic E-state index is 12.5. The van der Waals surface area contributed by atoms with Gasteiger partial charge in [0.05, 0.1) is 4.90 Å². The van der Waals surface area contributed by atoms with Crippen molar-refractivity contribution in [1.82, 2.24) is 4.98 Å². The molecule has 0 unspecified atom stereocenters. The van der Waals surface area contributed by atoms with Crippen LogP contribution in [0.15, 0.2) is 63.8 Å². The van der Waals surface area contributed by atoms with E-state index in [0.717, 1.165) is 11.1 Å². The first-order valence-corrected chi connectivity index (χ1v) is 9.24. The lowest BCUT2D eigenvalue weighted by atomic mass is 10.2. The molecule has 0 aliphatic rings. The van der Waals surface area contributed by atoms with Gasteiger partial charge in [0, 0.05) is 16.0 Å². The molecule has 3 rings (SSSR count). The van der Waals surface area contributed by atoms with Crippen LogP contribution in [0.5, 0.6) is 0 Å². The number of hydrogen-bond donors (Lipinski definition) is 0. The Morgan fingerprint density at radius 2 is 1.64 bits per heavy atom. The van der Waals surface area contributed by atoms with Gasteiger partial charge in [-0.1, -0.05) is 41.4 Å². The number of aryl methyl sites for hydroxylation is 1. The number of hydrogen-bond acceptors (Lipinski definition) is 4. The third-order valence-corrected chi connectivity index (χ3v) is 6.13. The largest absolute Gasteiger partial charge is 0.224 e. The molecule has 1 aromatic heterocycles. The van der Waals surface area contributed by atoms with E-state index in [0.29, 0.717) is 10.0 Å². The summed E-state index contributed by atoms with van der Waals surface area (Å²) >= 11 is 7.11. The first-order chi connectivity index (χ1) is 10.5. The lowest BCUT2D eigenvalue weighted by Crippen LogP contribution is -2.02. The molecular weight excluding hydrogens is 338 g/mol. The van der Waals surface area contributed by atoms with Crippen molar-refractivity contribution in [1.29, 1.82) is 0 Å². The Bertz CT molecular complexity index is 898. The molecule has 3 aromatic rings. The maximum Gasteiger partial charge on any atom is 0.224 e. The van der Waals surface area contributed by atoms with Crippen molar-refractivity contribution in [3.8, 4) is 10.6 Å². The zero-order valence-electron chi connectivity index (χ0n) is 11.7. The summed E-state index contributed by atoms with van der Waals surface area (Å²) in [5, 5.41) is 2.82. The Kier molecular flexibility index (Phi) is 4.04. The highest BCUT2D eigenvalue weighted by atomic mass is 35.5. The van der Waals surface area contributed by atoms with E-state index in [2.05, 4.69) is 4.98 Å². The SMILES string of the molecule is Cc1ccc(-c2nc(S(=O)(=O)c3ccc(Cl)cc3)cs2)cc1. The first-order valence-electron chi connectivity index (χ1n) is 6.50. The Balaban J connectivity index is 1.99. The van der Waals surface area contributed by atoms with Crippen molar-refractivity contribution < 1.29 is 8.42 Å². The van der Waals surface area contributed by atoms with Crippen LogP contribution in [-0.4, -0.2) is 13.4 Å². The van der Waals surface area contributed by atoms with Gasteiger partial charge in [0.25, 0.3) is 0 Å². The van der Waals surface area contributed by atoms with Crippen LogP contribution in [0.25, 0.3) is 10.6 Å². The van der Waals surface area contributed by atoms with Gasteiger partial charge in [-0.2, -0.15) is 0 Å². The van der Waals surface area contributed by atoms with E-state index in [9.17, 15) is 8.42 Å². The van der Waals surface area contributed by atoms with Crippen LogP contribution in [0.3, 0.4) is 0 Å². The highest BCUT2D eigenvalue weighted by molar-refractivity contribution is 7.91. The number of sulfone groups is 1. The molecule has 0 bridgehead atoms. The molecule has 0 saturated heterocycles. The molecule has 2 aromatic carbocycles. The summed E-state index contributed by atoms with van der Waals surface area (Å²) in [6.45, 7) is 2.00. The fraction of sp³-hybridized carbons (Fsp3) is 0.0625. The molecule has 22 heavy (non-hydrogen) atoms. The quantitative estimate of drug-likeness (QED) is 0.694. The molecule has 0 radical (unpaired) electrons. The van der Waals surface area contributed by atoms with Crippen LogP contribution in [0.1, 0.15) is 5.56 Å². The molecular formula is C16H12ClNO2S2. The summed E-state index contributed by atoms with van der Waals surface area (Å²) in [7, 11) is -3.61. The topological polar surface area (TPSA) is 47.0 Å². The van der Waals surface area contributed by atoms with Gasteiger partial charge in [0.15, 0.2) is 5.03 Å². The Hall–Kier alpha value is -1.69. The molecule has 0 aliphatic carbocycles. The summed E-state index contributed by atoms with van der Waals surface area (Å²) in [5.74, 6) is 0. The first kappa shape index (κ1) is 15.2. The predicted molar refractivity (Wildman–Crippen MR) is 89.2 cm³/mol. The van der Waals surface area contributed by atoms with Crippen molar-refractivity contribution in [3.05, 3.63) is 64.5 Å². The van der Waals surface area contributed by atoms with Gasteiger partial charge in [-0.15, -0.1) is 11.3 Å². The average molecular weight is 350 g/mol. The molecule has 0 atom stereocenters. The molecule has 0 amide bonds. The molecule has 0 aliphatic heterocycles. The predicted octanol–water partition coefficient (Wildman–Crippen LogP) is 4.60. The number of benzene rings is 2. The van der Waals surface area contributed by atoms with E-state index in [1.165, 1.54) is 23.5 Å². The number of rotatable bonds is 3. The summed E-state index contributed by atoms with van der Waals surface area (Å²) in [4.78, 5) is 4.47. The third kappa shape index (κ3) is 2.92. The molecule has 0 spiro atoms. The van der Waals surface area contributed by atoms with Crippen molar-refractivity contribution >= 4 is 32.8 Å². The van der Waals surface area contributed by atoms with Gasteiger partial charge in [-0.3, -0.25) is 0 Å². The summed E-state index contributed by atoms with van der Waals surface area (Å²) in [6.07, 6.45) is 0. The number of halogens is 1. The minimum Gasteiger partial charge on any atom is -0.224 e. The van der Waals surface area contributed by atoms with E-state index in [1.807, 2.05) is 31.2 Å². The second-order valence-electron chi connectivity index (χ2n) is 4.81. The summed E-state index contributed by atoms with van der Waals surface area (Å²) in [5.41, 5.74) is 2.06. The van der Waals surface area contributed by atoms with Crippen molar-refractivity contribution in [2.45, 2.75) is 16.8 Å². The average Bonchev–Trinajstić information content (AvgIpc) is 2.99. The maximum atomic E-state index is 12.5. The standard InChI is InChI=1S/C16H12ClNO2S2/c1-11-2-4-12(5-3-11)16-18-15(10-21-16)22(19,20)14-8-6-13(17)7-9-14/h2-10H,1H3. The Morgan fingerprint density at radius 3 is 2.27 bits per heavy atom. The zero-order chi connectivity index (χ0) is 15.7. The molecule has 112 valence electrons. The van der Waals surface area contributed by atoms with Crippen molar-refractivity contribution in [2.24, 2.45) is 0 Å². The minimum absolute atomic E-state index is 0.0652. The molecule has 6 heteroatoms. The molecule has 0 saturated carbocycles. The fourth-order valence-electron chi connectivity index (χ4n) is 1.95.